The molecule has 6 fully saturated rings. The number of carbonyl (C=O) groups is 1. The normalized spacial score (nSPS) is 48.2. The van der Waals surface area contributed by atoms with Crippen LogP contribution in [0.2, 0.25) is 0 Å². The molecule has 2 aliphatic heterocycles. The third-order valence-electron chi connectivity index (χ3n) is 7.93. The Bertz CT molecular complexity index is 720. The zero-order valence-corrected chi connectivity index (χ0v) is 18.4. The van der Waals surface area contributed by atoms with Crippen LogP contribution in [0, 0.1) is 17.3 Å². The van der Waals surface area contributed by atoms with Crippen molar-refractivity contribution in [2.75, 3.05) is 24.6 Å². The van der Waals surface area contributed by atoms with Gasteiger partial charge in [-0.1, -0.05) is 15.9 Å². The monoisotopic (exact) mass is 458 g/mol. The number of sulfone groups is 1. The lowest BCUT2D eigenvalue weighted by Crippen LogP contribution is -2.55. The molecule has 4 bridgehead atoms. The molecule has 6 aliphatic rings. The lowest BCUT2D eigenvalue weighted by Gasteiger charge is -2.60. The summed E-state index contributed by atoms with van der Waals surface area (Å²) in [5, 5.41) is 3.17. The van der Waals surface area contributed by atoms with Crippen molar-refractivity contribution in [1.82, 2.24) is 10.2 Å². The van der Waals surface area contributed by atoms with Gasteiger partial charge in [0.15, 0.2) is 9.84 Å². The largest absolute Gasteiger partial charge is 0.351 e. The summed E-state index contributed by atoms with van der Waals surface area (Å²) >= 11 is 4.02. The highest BCUT2D eigenvalue weighted by molar-refractivity contribution is 9.10. The van der Waals surface area contributed by atoms with E-state index in [0.29, 0.717) is 6.42 Å². The van der Waals surface area contributed by atoms with E-state index in [2.05, 4.69) is 26.1 Å². The zero-order valence-electron chi connectivity index (χ0n) is 16.0. The Morgan fingerprint density at radius 3 is 2.37 bits per heavy atom. The van der Waals surface area contributed by atoms with Crippen LogP contribution in [0.5, 0.6) is 0 Å². The highest BCUT2D eigenvalue weighted by Crippen LogP contribution is 2.65. The van der Waals surface area contributed by atoms with E-state index in [0.717, 1.165) is 44.2 Å². The first-order valence-corrected chi connectivity index (χ1v) is 13.3. The van der Waals surface area contributed by atoms with Crippen molar-refractivity contribution in [3.05, 3.63) is 0 Å². The van der Waals surface area contributed by atoms with E-state index in [1.165, 1.54) is 32.1 Å². The van der Waals surface area contributed by atoms with Gasteiger partial charge in [0.25, 0.3) is 0 Å². The number of hydrogen-bond acceptors (Lipinski definition) is 4. The molecular weight excluding hydrogens is 428 g/mol. The molecule has 0 spiro atoms. The van der Waals surface area contributed by atoms with Crippen molar-refractivity contribution < 1.29 is 13.2 Å². The average Bonchev–Trinajstić information content (AvgIpc) is 3.11. The van der Waals surface area contributed by atoms with E-state index >= 15 is 0 Å². The maximum absolute atomic E-state index is 13.0. The number of amides is 1. The number of halogens is 1. The molecule has 2 heterocycles. The van der Waals surface area contributed by atoms with Gasteiger partial charge in [0, 0.05) is 16.8 Å². The molecule has 4 unspecified atom stereocenters. The molecule has 5 nitrogen and oxygen atoms in total. The third kappa shape index (κ3) is 3.61. The van der Waals surface area contributed by atoms with Crippen molar-refractivity contribution in [1.29, 1.82) is 0 Å². The number of hydrogen-bond donors (Lipinski definition) is 1. The second-order valence-corrected chi connectivity index (χ2v) is 14.2. The van der Waals surface area contributed by atoms with Crippen LogP contribution >= 0.6 is 15.9 Å². The van der Waals surface area contributed by atoms with Crippen molar-refractivity contribution >= 4 is 31.7 Å². The highest BCUT2D eigenvalue weighted by atomic mass is 79.9. The van der Waals surface area contributed by atoms with E-state index in [-0.39, 0.29) is 39.2 Å². The Balaban J connectivity index is 1.27. The fourth-order valence-corrected chi connectivity index (χ4v) is 11.0. The molecule has 6 rings (SSSR count). The van der Waals surface area contributed by atoms with Gasteiger partial charge in [0.1, 0.15) is 0 Å². The third-order valence-corrected chi connectivity index (χ3v) is 10.6. The molecule has 4 atom stereocenters. The van der Waals surface area contributed by atoms with Crippen LogP contribution in [0.15, 0.2) is 0 Å². The minimum Gasteiger partial charge on any atom is -0.351 e. The summed E-state index contributed by atoms with van der Waals surface area (Å²) in [6.07, 6.45) is 10.2. The fourth-order valence-electron chi connectivity index (χ4n) is 7.54. The van der Waals surface area contributed by atoms with E-state index in [1.54, 1.807) is 0 Å². The number of nitrogens with zero attached hydrogens (tertiary/aromatic N) is 1. The summed E-state index contributed by atoms with van der Waals surface area (Å²) < 4.78 is 24.8. The van der Waals surface area contributed by atoms with Crippen molar-refractivity contribution in [2.45, 2.75) is 74.2 Å². The Kier molecular flexibility index (Phi) is 4.49. The van der Waals surface area contributed by atoms with Crippen LogP contribution in [-0.4, -0.2) is 60.2 Å². The Hall–Kier alpha value is -0.140. The van der Waals surface area contributed by atoms with Gasteiger partial charge in [-0.15, -0.1) is 0 Å². The zero-order chi connectivity index (χ0) is 18.9. The molecule has 0 aromatic heterocycles. The van der Waals surface area contributed by atoms with Gasteiger partial charge in [-0.2, -0.15) is 0 Å². The Morgan fingerprint density at radius 1 is 1.07 bits per heavy atom. The summed E-state index contributed by atoms with van der Waals surface area (Å²) in [6, 6.07) is -0.257. The molecule has 152 valence electrons. The molecule has 1 amide bonds. The molecule has 2 saturated heterocycles. The van der Waals surface area contributed by atoms with Gasteiger partial charge < -0.3 is 5.32 Å². The molecule has 27 heavy (non-hydrogen) atoms. The summed E-state index contributed by atoms with van der Waals surface area (Å²) in [7, 11) is -3.05. The van der Waals surface area contributed by atoms with Crippen LogP contribution in [0.3, 0.4) is 0 Å². The molecule has 0 aromatic carbocycles. The van der Waals surface area contributed by atoms with Gasteiger partial charge in [-0.25, -0.2) is 8.42 Å². The fraction of sp³-hybridized carbons (Fsp3) is 0.950. The van der Waals surface area contributed by atoms with Gasteiger partial charge in [0.05, 0.1) is 17.5 Å². The van der Waals surface area contributed by atoms with Gasteiger partial charge in [-0.05, 0) is 81.7 Å². The lowest BCUT2D eigenvalue weighted by molar-refractivity contribution is -0.129. The van der Waals surface area contributed by atoms with E-state index in [1.807, 2.05) is 0 Å². The quantitative estimate of drug-likeness (QED) is 0.657. The molecular formula is C20H31BrN2O3S. The molecule has 4 aliphatic carbocycles. The van der Waals surface area contributed by atoms with Crippen molar-refractivity contribution in [2.24, 2.45) is 17.3 Å². The van der Waals surface area contributed by atoms with Crippen molar-refractivity contribution in [3.8, 4) is 0 Å². The summed E-state index contributed by atoms with van der Waals surface area (Å²) in [4.78, 5) is 15.3. The van der Waals surface area contributed by atoms with Crippen molar-refractivity contribution in [3.63, 3.8) is 0 Å². The number of likely N-dealkylation sites (tertiary alicyclic amines) is 1. The number of carbonyl (C=O) groups excluding carboxylic acids is 1. The van der Waals surface area contributed by atoms with Crippen LogP contribution < -0.4 is 5.32 Å². The first-order chi connectivity index (χ1) is 12.7. The van der Waals surface area contributed by atoms with Crippen LogP contribution in [-0.2, 0) is 14.6 Å². The second-order valence-electron chi connectivity index (χ2n) is 10.4. The number of nitrogens with one attached hydrogen (secondary N) is 1. The van der Waals surface area contributed by atoms with Gasteiger partial charge in [-0.3, -0.25) is 9.69 Å². The molecule has 4 saturated carbocycles. The minimum absolute atomic E-state index is 0.0275. The SMILES string of the molecule is O=C(CC12CC3CC(CC(Br)(C3)C1)C2)NC1CS(=O)(=O)CC1N1CCCC1. The highest BCUT2D eigenvalue weighted by Gasteiger charge is 2.57. The Labute approximate surface area is 171 Å². The number of alkyl halides is 1. The summed E-state index contributed by atoms with van der Waals surface area (Å²) in [6.45, 7) is 1.93. The van der Waals surface area contributed by atoms with Gasteiger partial charge in [0.2, 0.25) is 5.91 Å². The van der Waals surface area contributed by atoms with E-state index < -0.39 is 9.84 Å². The average molecular weight is 459 g/mol. The number of rotatable bonds is 4. The molecule has 0 radical (unpaired) electrons. The summed E-state index contributed by atoms with van der Waals surface area (Å²) in [5.41, 5.74) is 0.137. The van der Waals surface area contributed by atoms with E-state index in [9.17, 15) is 13.2 Å². The minimum atomic E-state index is -3.05. The first-order valence-electron chi connectivity index (χ1n) is 10.7. The maximum atomic E-state index is 13.0. The topological polar surface area (TPSA) is 66.5 Å². The smallest absolute Gasteiger partial charge is 0.220 e. The van der Waals surface area contributed by atoms with Crippen LogP contribution in [0.25, 0.3) is 0 Å². The van der Waals surface area contributed by atoms with E-state index in [4.69, 9.17) is 0 Å². The Morgan fingerprint density at radius 2 is 1.74 bits per heavy atom. The molecule has 0 aromatic rings. The van der Waals surface area contributed by atoms with Crippen LogP contribution in [0.1, 0.15) is 57.8 Å². The van der Waals surface area contributed by atoms with Crippen LogP contribution in [0.4, 0.5) is 0 Å². The lowest BCUT2D eigenvalue weighted by atomic mass is 9.48. The maximum Gasteiger partial charge on any atom is 0.220 e. The predicted octanol–water partition coefficient (Wildman–Crippen LogP) is 2.49. The summed E-state index contributed by atoms with van der Waals surface area (Å²) in [5.74, 6) is 1.93. The first kappa shape index (κ1) is 18.9. The predicted molar refractivity (Wildman–Crippen MR) is 109 cm³/mol. The standard InChI is InChI=1S/C20H31BrN2O3S/c21-20-8-14-5-15(9-20)7-19(6-14,13-20)10-18(24)22-16-11-27(25,26)12-17(16)23-3-1-2-4-23/h14-17H,1-13H2,(H,22,24). The van der Waals surface area contributed by atoms with Gasteiger partial charge >= 0.3 is 0 Å². The second kappa shape index (κ2) is 6.43. The molecule has 7 heteroatoms. The molecule has 1 N–H and O–H groups in total.